The minimum absolute atomic E-state index is 0.126. The average Bonchev–Trinajstić information content (AvgIpc) is 3.33. The zero-order valence-corrected chi connectivity index (χ0v) is 28.6. The summed E-state index contributed by atoms with van der Waals surface area (Å²) in [6.07, 6.45) is 2.07. The average molecular weight is 596 g/mol. The van der Waals surface area contributed by atoms with Crippen molar-refractivity contribution in [3.63, 3.8) is 0 Å². The van der Waals surface area contributed by atoms with Gasteiger partial charge in [0.15, 0.2) is 0 Å². The molecule has 1 amide bonds. The van der Waals surface area contributed by atoms with Crippen LogP contribution in [-0.2, 0) is 18.7 Å². The number of hydrogen-bond donors (Lipinski definition) is 0. The Kier molecular flexibility index (Phi) is 10.4. The number of benzene rings is 2. The number of carbonyl (C=O) groups excluding carboxylic acids is 2. The fourth-order valence-corrected chi connectivity index (χ4v) is 10.8. The van der Waals surface area contributed by atoms with Crippen molar-refractivity contribution in [3.05, 3.63) is 60.7 Å². The SMILES string of the molecule is CC(OC(=O)C(C)(C)C)C1(CCCO[Si](c2ccccc2)(c2ccccc2)C(C)(C)C)CCCN1C(=O)OC(C)(C)C. The molecule has 0 aromatic heterocycles. The molecule has 232 valence electrons. The molecule has 2 atom stereocenters. The number of nitrogens with zero attached hydrogens (tertiary/aromatic N) is 1. The molecule has 2 aromatic rings. The minimum atomic E-state index is -2.69. The van der Waals surface area contributed by atoms with Crippen molar-refractivity contribution in [2.45, 2.75) is 117 Å². The molecule has 42 heavy (non-hydrogen) atoms. The first-order chi connectivity index (χ1) is 19.4. The molecule has 2 aromatic carbocycles. The molecular weight excluding hydrogens is 542 g/mol. The molecule has 1 aliphatic heterocycles. The Morgan fingerprint density at radius 1 is 0.881 bits per heavy atom. The molecule has 1 aliphatic rings. The summed E-state index contributed by atoms with van der Waals surface area (Å²) in [6.45, 7) is 21.0. The van der Waals surface area contributed by atoms with Crippen LogP contribution < -0.4 is 10.4 Å². The van der Waals surface area contributed by atoms with E-state index in [-0.39, 0.29) is 17.1 Å². The molecule has 0 aliphatic carbocycles. The van der Waals surface area contributed by atoms with E-state index in [0.29, 0.717) is 26.0 Å². The monoisotopic (exact) mass is 595 g/mol. The Hall–Kier alpha value is -2.64. The molecule has 1 saturated heterocycles. The van der Waals surface area contributed by atoms with Gasteiger partial charge in [-0.3, -0.25) is 9.69 Å². The third-order valence-corrected chi connectivity index (χ3v) is 13.3. The summed E-state index contributed by atoms with van der Waals surface area (Å²) in [5, 5.41) is 2.35. The fourth-order valence-electron chi connectivity index (χ4n) is 6.19. The fraction of sp³-hybridized carbons (Fsp3) is 0.600. The maximum absolute atomic E-state index is 13.5. The molecule has 0 spiro atoms. The maximum Gasteiger partial charge on any atom is 0.410 e. The van der Waals surface area contributed by atoms with Gasteiger partial charge >= 0.3 is 12.1 Å². The standard InChI is InChI=1S/C35H53NO5Si/c1-27(40-30(37)32(2,3)4)35(23-17-25-36(35)31(38)41-33(5,6)7)24-18-26-39-42(34(8,9)10,28-19-13-11-14-20-28)29-21-15-12-16-22-29/h11-16,19-22,27H,17-18,23-26H2,1-10H3. The summed E-state index contributed by atoms with van der Waals surface area (Å²) in [7, 11) is -2.69. The molecule has 3 rings (SSSR count). The van der Waals surface area contributed by atoms with E-state index >= 15 is 0 Å². The number of ether oxygens (including phenoxy) is 2. The molecule has 0 radical (unpaired) electrons. The Morgan fingerprint density at radius 2 is 1.40 bits per heavy atom. The quantitative estimate of drug-likeness (QED) is 0.176. The van der Waals surface area contributed by atoms with Gasteiger partial charge in [0.1, 0.15) is 11.7 Å². The second-order valence-electron chi connectivity index (χ2n) is 14.8. The van der Waals surface area contributed by atoms with Crippen LogP contribution in [-0.4, -0.2) is 55.7 Å². The van der Waals surface area contributed by atoms with Gasteiger partial charge in [-0.25, -0.2) is 4.79 Å². The third-order valence-electron chi connectivity index (χ3n) is 8.29. The molecule has 7 heteroatoms. The molecule has 0 bridgehead atoms. The van der Waals surface area contributed by atoms with E-state index in [1.54, 1.807) is 0 Å². The van der Waals surface area contributed by atoms with Gasteiger partial charge in [-0.2, -0.15) is 0 Å². The molecule has 0 N–H and O–H groups in total. The number of rotatable bonds is 9. The highest BCUT2D eigenvalue weighted by molar-refractivity contribution is 6.99. The lowest BCUT2D eigenvalue weighted by Gasteiger charge is -2.45. The van der Waals surface area contributed by atoms with Gasteiger partial charge in [0, 0.05) is 13.2 Å². The van der Waals surface area contributed by atoms with Crippen molar-refractivity contribution in [2.75, 3.05) is 13.2 Å². The van der Waals surface area contributed by atoms with E-state index in [0.717, 1.165) is 12.8 Å². The van der Waals surface area contributed by atoms with Crippen molar-refractivity contribution >= 4 is 30.8 Å². The zero-order valence-electron chi connectivity index (χ0n) is 27.6. The predicted octanol–water partition coefficient (Wildman–Crippen LogP) is 7.09. The number of amides is 1. The van der Waals surface area contributed by atoms with Crippen molar-refractivity contribution in [1.29, 1.82) is 0 Å². The topological polar surface area (TPSA) is 65.1 Å². The van der Waals surface area contributed by atoms with Crippen LogP contribution >= 0.6 is 0 Å². The summed E-state index contributed by atoms with van der Waals surface area (Å²) >= 11 is 0. The van der Waals surface area contributed by atoms with Crippen LogP contribution in [0, 0.1) is 5.41 Å². The largest absolute Gasteiger partial charge is 0.460 e. The second-order valence-corrected chi connectivity index (χ2v) is 19.1. The van der Waals surface area contributed by atoms with Crippen molar-refractivity contribution in [2.24, 2.45) is 5.41 Å². The third kappa shape index (κ3) is 7.46. The van der Waals surface area contributed by atoms with Crippen LogP contribution in [0.3, 0.4) is 0 Å². The van der Waals surface area contributed by atoms with E-state index < -0.39 is 31.0 Å². The first-order valence-electron chi connectivity index (χ1n) is 15.4. The summed E-state index contributed by atoms with van der Waals surface area (Å²) < 4.78 is 19.1. The van der Waals surface area contributed by atoms with E-state index in [2.05, 4.69) is 69.3 Å². The van der Waals surface area contributed by atoms with Gasteiger partial charge in [-0.05, 0) is 89.6 Å². The molecule has 0 saturated carbocycles. The molecule has 1 fully saturated rings. The van der Waals surface area contributed by atoms with Crippen LogP contribution in [0.25, 0.3) is 0 Å². The van der Waals surface area contributed by atoms with E-state index in [4.69, 9.17) is 13.9 Å². The van der Waals surface area contributed by atoms with Crippen LogP contribution in [0.1, 0.15) is 94.9 Å². The smallest absolute Gasteiger partial charge is 0.410 e. The maximum atomic E-state index is 13.5. The zero-order chi connectivity index (χ0) is 31.4. The van der Waals surface area contributed by atoms with E-state index in [9.17, 15) is 9.59 Å². The number of hydrogen-bond acceptors (Lipinski definition) is 5. The highest BCUT2D eigenvalue weighted by Gasteiger charge is 2.52. The highest BCUT2D eigenvalue weighted by Crippen LogP contribution is 2.41. The lowest BCUT2D eigenvalue weighted by Crippen LogP contribution is -2.66. The number of carbonyl (C=O) groups is 2. The first-order valence-corrected chi connectivity index (χ1v) is 17.3. The number of likely N-dealkylation sites (tertiary alicyclic amines) is 1. The van der Waals surface area contributed by atoms with Gasteiger partial charge in [0.05, 0.1) is 11.0 Å². The van der Waals surface area contributed by atoms with Crippen LogP contribution in [0.4, 0.5) is 4.79 Å². The van der Waals surface area contributed by atoms with Gasteiger partial charge in [0.2, 0.25) is 0 Å². The Balaban J connectivity index is 1.93. The van der Waals surface area contributed by atoms with Crippen LogP contribution in [0.2, 0.25) is 5.04 Å². The number of esters is 1. The highest BCUT2D eigenvalue weighted by atomic mass is 28.4. The molecule has 6 nitrogen and oxygen atoms in total. The van der Waals surface area contributed by atoms with Crippen LogP contribution in [0.15, 0.2) is 60.7 Å². The van der Waals surface area contributed by atoms with Crippen LogP contribution in [0.5, 0.6) is 0 Å². The Bertz CT molecular complexity index is 1140. The van der Waals surface area contributed by atoms with Crippen molar-refractivity contribution < 1.29 is 23.5 Å². The Labute approximate surface area is 255 Å². The normalized spacial score (nSPS) is 19.0. The van der Waals surface area contributed by atoms with Gasteiger partial charge in [-0.1, -0.05) is 81.4 Å². The first kappa shape index (κ1) is 33.9. The van der Waals surface area contributed by atoms with E-state index in [1.165, 1.54) is 10.4 Å². The lowest BCUT2D eigenvalue weighted by molar-refractivity contribution is -0.165. The van der Waals surface area contributed by atoms with Gasteiger partial charge in [-0.15, -0.1) is 0 Å². The minimum Gasteiger partial charge on any atom is -0.460 e. The molecular formula is C35H53NO5Si. The summed E-state index contributed by atoms with van der Waals surface area (Å²) in [5.74, 6) is -0.269. The van der Waals surface area contributed by atoms with Crippen molar-refractivity contribution in [3.8, 4) is 0 Å². The van der Waals surface area contributed by atoms with Gasteiger partial charge in [0.25, 0.3) is 8.32 Å². The summed E-state index contributed by atoms with van der Waals surface area (Å²) in [4.78, 5) is 28.3. The van der Waals surface area contributed by atoms with E-state index in [1.807, 2.05) is 65.5 Å². The lowest BCUT2D eigenvalue weighted by atomic mass is 9.85. The summed E-state index contributed by atoms with van der Waals surface area (Å²) in [5.41, 5.74) is -1.93. The molecule has 1 heterocycles. The second kappa shape index (κ2) is 12.9. The predicted molar refractivity (Wildman–Crippen MR) is 173 cm³/mol. The molecule has 2 unspecified atom stereocenters. The van der Waals surface area contributed by atoms with Crippen molar-refractivity contribution in [1.82, 2.24) is 4.90 Å². The Morgan fingerprint density at radius 3 is 1.86 bits per heavy atom. The summed E-state index contributed by atoms with van der Waals surface area (Å²) in [6, 6.07) is 21.2. The van der Waals surface area contributed by atoms with Gasteiger partial charge < -0.3 is 13.9 Å².